The molecule has 3 rings (SSSR count). The summed E-state index contributed by atoms with van der Waals surface area (Å²) in [5.41, 5.74) is 7.05. The topological polar surface area (TPSA) is 149 Å². The summed E-state index contributed by atoms with van der Waals surface area (Å²) in [4.78, 5) is 37.9. The van der Waals surface area contributed by atoms with Gasteiger partial charge in [-0.15, -0.1) is 10.2 Å². The van der Waals surface area contributed by atoms with Crippen molar-refractivity contribution in [2.24, 2.45) is 0 Å². The number of nitrogens with zero attached hydrogens (tertiary/aromatic N) is 3. The van der Waals surface area contributed by atoms with Gasteiger partial charge in [-0.1, -0.05) is 23.5 Å². The Morgan fingerprint density at radius 1 is 1.13 bits per heavy atom. The molecule has 3 amide bonds. The average Bonchev–Trinajstić information content (AvgIpc) is 3.39. The highest BCUT2D eigenvalue weighted by Crippen LogP contribution is 2.27. The van der Waals surface area contributed by atoms with E-state index in [2.05, 4.69) is 25.6 Å². The van der Waals surface area contributed by atoms with Crippen LogP contribution in [0.25, 0.3) is 10.6 Å². The molecule has 4 N–H and O–H groups in total. The number of carbonyl (C=O) groups is 3. The largest absolute Gasteiger partial charge is 0.469 e. The van der Waals surface area contributed by atoms with Crippen LogP contribution in [0, 0.1) is 11.6 Å². The third-order valence-corrected chi connectivity index (χ3v) is 6.56. The number of likely N-dealkylation sites (N-methyl/N-ethyl adjacent to an activating group) is 1. The molecule has 1 heterocycles. The van der Waals surface area contributed by atoms with Gasteiger partial charge in [0, 0.05) is 36.8 Å². The van der Waals surface area contributed by atoms with E-state index in [-0.39, 0.29) is 30.3 Å². The number of ether oxygens (including phenoxy) is 2. The predicted molar refractivity (Wildman–Crippen MR) is 141 cm³/mol. The summed E-state index contributed by atoms with van der Waals surface area (Å²) in [5.74, 6) is -2.49. The van der Waals surface area contributed by atoms with Crippen molar-refractivity contribution in [3.8, 4) is 10.6 Å². The average molecular weight is 563 g/mol. The van der Waals surface area contributed by atoms with Gasteiger partial charge in [0.15, 0.2) is 11.6 Å². The minimum absolute atomic E-state index is 0.0231. The van der Waals surface area contributed by atoms with E-state index < -0.39 is 35.8 Å². The van der Waals surface area contributed by atoms with E-state index in [1.807, 2.05) is 0 Å². The summed E-state index contributed by atoms with van der Waals surface area (Å²) >= 11 is 1.13. The Kier molecular flexibility index (Phi) is 10.5. The van der Waals surface area contributed by atoms with Crippen LogP contribution in [0.15, 0.2) is 42.5 Å². The van der Waals surface area contributed by atoms with Gasteiger partial charge in [0.25, 0.3) is 0 Å². The molecule has 0 radical (unpaired) electrons. The molecule has 0 bridgehead atoms. The molecule has 0 saturated heterocycles. The molecule has 0 saturated carbocycles. The first kappa shape index (κ1) is 29.2. The molecule has 0 fully saturated rings. The maximum absolute atomic E-state index is 13.9. The molecule has 11 nitrogen and oxygen atoms in total. The first-order valence-electron chi connectivity index (χ1n) is 11.8. The first-order chi connectivity index (χ1) is 18.7. The number of carbonyl (C=O) groups excluding carboxylic acids is 3. The van der Waals surface area contributed by atoms with E-state index in [1.165, 1.54) is 31.2 Å². The Morgan fingerprint density at radius 3 is 2.59 bits per heavy atom. The molecule has 2 aromatic carbocycles. The number of nitrogen functional groups attached to an aromatic ring is 1. The number of methoxy groups -OCH3 is 1. The second-order valence-corrected chi connectivity index (χ2v) is 9.34. The number of urea groups is 1. The Hall–Kier alpha value is -4.33. The van der Waals surface area contributed by atoms with Crippen molar-refractivity contribution >= 4 is 40.2 Å². The van der Waals surface area contributed by atoms with E-state index in [1.54, 1.807) is 24.3 Å². The molecule has 1 atom stereocenters. The van der Waals surface area contributed by atoms with E-state index in [0.717, 1.165) is 23.0 Å². The van der Waals surface area contributed by atoms with Crippen molar-refractivity contribution in [3.63, 3.8) is 0 Å². The molecule has 39 heavy (non-hydrogen) atoms. The lowest BCUT2D eigenvalue weighted by molar-refractivity contribution is -0.140. The van der Waals surface area contributed by atoms with Crippen molar-refractivity contribution in [1.29, 1.82) is 0 Å². The molecule has 14 heteroatoms. The lowest BCUT2D eigenvalue weighted by Gasteiger charge is -2.28. The smallest absolute Gasteiger partial charge is 0.413 e. The summed E-state index contributed by atoms with van der Waals surface area (Å²) < 4.78 is 37.3. The van der Waals surface area contributed by atoms with Crippen LogP contribution in [0.2, 0.25) is 0 Å². The molecule has 0 aliphatic carbocycles. The first-order valence-corrected chi connectivity index (χ1v) is 12.6. The van der Waals surface area contributed by atoms with E-state index in [9.17, 15) is 23.2 Å². The Morgan fingerprint density at radius 2 is 1.87 bits per heavy atom. The van der Waals surface area contributed by atoms with Crippen molar-refractivity contribution < 1.29 is 32.6 Å². The minimum Gasteiger partial charge on any atom is -0.469 e. The summed E-state index contributed by atoms with van der Waals surface area (Å²) in [6.45, 7) is -0.467. The van der Waals surface area contributed by atoms with E-state index >= 15 is 0 Å². The maximum atomic E-state index is 13.9. The number of hydrogen-bond donors (Lipinski definition) is 3. The zero-order chi connectivity index (χ0) is 28.4. The summed E-state index contributed by atoms with van der Waals surface area (Å²) in [5, 5.41) is 13.8. The van der Waals surface area contributed by atoms with Crippen LogP contribution in [-0.4, -0.2) is 60.0 Å². The number of nitrogens with one attached hydrogen (secondary N) is 2. The molecule has 0 aliphatic heterocycles. The third-order valence-electron chi connectivity index (χ3n) is 5.67. The second kappa shape index (κ2) is 14.0. The van der Waals surface area contributed by atoms with Gasteiger partial charge in [0.1, 0.15) is 11.6 Å². The summed E-state index contributed by atoms with van der Waals surface area (Å²) in [6, 6.07) is 9.42. The van der Waals surface area contributed by atoms with Crippen LogP contribution in [0.3, 0.4) is 0 Å². The van der Waals surface area contributed by atoms with E-state index in [4.69, 9.17) is 10.5 Å². The van der Waals surface area contributed by atoms with Gasteiger partial charge in [0.2, 0.25) is 5.13 Å². The fraction of sp³-hybridized carbons (Fsp3) is 0.320. The number of halogens is 2. The molecular formula is C25H28F2N6O5S. The molecule has 1 aromatic heterocycles. The number of benzene rings is 2. The Labute approximate surface area is 227 Å². The van der Waals surface area contributed by atoms with Gasteiger partial charge in [-0.05, 0) is 43.2 Å². The third kappa shape index (κ3) is 8.60. The highest BCUT2D eigenvalue weighted by molar-refractivity contribution is 7.18. The lowest BCUT2D eigenvalue weighted by atomic mass is 10.1. The van der Waals surface area contributed by atoms with Crippen molar-refractivity contribution in [1.82, 2.24) is 20.4 Å². The summed E-state index contributed by atoms with van der Waals surface area (Å²) in [7, 11) is 2.73. The monoisotopic (exact) mass is 562 g/mol. The molecule has 0 spiro atoms. The van der Waals surface area contributed by atoms with Gasteiger partial charge < -0.3 is 25.4 Å². The summed E-state index contributed by atoms with van der Waals surface area (Å²) in [6.07, 6.45) is -0.0776. The normalized spacial score (nSPS) is 11.4. The fourth-order valence-electron chi connectivity index (χ4n) is 3.43. The number of aromatic nitrogens is 2. The highest BCUT2D eigenvalue weighted by atomic mass is 32.1. The van der Waals surface area contributed by atoms with E-state index in [0.29, 0.717) is 23.5 Å². The molecule has 3 aromatic rings. The van der Waals surface area contributed by atoms with Crippen LogP contribution >= 0.6 is 11.3 Å². The lowest BCUT2D eigenvalue weighted by Crippen LogP contribution is -2.46. The van der Waals surface area contributed by atoms with Gasteiger partial charge in [-0.2, -0.15) is 0 Å². The highest BCUT2D eigenvalue weighted by Gasteiger charge is 2.23. The predicted octanol–water partition coefficient (Wildman–Crippen LogP) is 4.17. The Balaban J connectivity index is 1.58. The number of anilines is 2. The number of nitrogens with two attached hydrogens (primary N) is 1. The zero-order valence-corrected chi connectivity index (χ0v) is 22.1. The number of esters is 1. The minimum atomic E-state index is -1.05. The van der Waals surface area contributed by atoms with Gasteiger partial charge >= 0.3 is 18.1 Å². The van der Waals surface area contributed by atoms with Gasteiger partial charge in [0.05, 0.1) is 13.2 Å². The molecule has 0 aliphatic rings. The molecule has 0 unspecified atom stereocenters. The molecule has 208 valence electrons. The quantitative estimate of drug-likeness (QED) is 0.233. The van der Waals surface area contributed by atoms with Crippen LogP contribution in [0.5, 0.6) is 0 Å². The SMILES string of the molecule is COC(=O)CCC[C@@H](COC(=O)Nc1nnc(-c2ccc(N)cc2)s1)N(C)C(=O)NCc1cccc(F)c1F. The Bertz CT molecular complexity index is 1290. The van der Waals surface area contributed by atoms with Crippen LogP contribution in [0.1, 0.15) is 24.8 Å². The van der Waals surface area contributed by atoms with Gasteiger partial charge in [-0.25, -0.2) is 18.4 Å². The van der Waals surface area contributed by atoms with Crippen LogP contribution in [0.4, 0.5) is 29.2 Å². The molecular weight excluding hydrogens is 534 g/mol. The van der Waals surface area contributed by atoms with Crippen molar-refractivity contribution in [2.45, 2.75) is 31.8 Å². The van der Waals surface area contributed by atoms with Crippen molar-refractivity contribution in [2.75, 3.05) is 31.8 Å². The number of amides is 3. The number of hydrogen-bond acceptors (Lipinski definition) is 9. The fourth-order valence-corrected chi connectivity index (χ4v) is 4.17. The standard InChI is InChI=1S/C25H28F2N6O5S/c1-33(24(35)29-13-16-5-3-7-19(26)21(16)27)18(6-4-8-20(34)37-2)14-38-25(36)30-23-32-31-22(39-23)15-9-11-17(28)12-10-15/h3,5,7,9-12,18H,4,6,8,13-14,28H2,1-2H3,(H,29,35)(H,30,32,36)/t18-/m0/s1. The zero-order valence-electron chi connectivity index (χ0n) is 21.3. The second-order valence-electron chi connectivity index (χ2n) is 8.36. The van der Waals surface area contributed by atoms with Crippen LogP contribution in [-0.2, 0) is 20.8 Å². The maximum Gasteiger partial charge on any atom is 0.413 e. The number of rotatable bonds is 11. The van der Waals surface area contributed by atoms with Crippen molar-refractivity contribution in [3.05, 3.63) is 59.7 Å². The van der Waals surface area contributed by atoms with Crippen LogP contribution < -0.4 is 16.4 Å². The van der Waals surface area contributed by atoms with Gasteiger partial charge in [-0.3, -0.25) is 10.1 Å².